The van der Waals surface area contributed by atoms with E-state index in [0.29, 0.717) is 5.56 Å². The number of nitrogens with zero attached hydrogens (tertiary/aromatic N) is 2. The van der Waals surface area contributed by atoms with Crippen LogP contribution in [-0.2, 0) is 4.74 Å². The SMILES string of the molecule is O=Cc1cc2c(cnn2C2CCCCO2)cc1Br. The number of fused-ring (bicyclic) bond motifs is 1. The first-order valence-corrected chi connectivity index (χ1v) is 6.82. The molecule has 0 spiro atoms. The van der Waals surface area contributed by atoms with E-state index in [4.69, 9.17) is 4.74 Å². The number of ether oxygens (including phenoxy) is 1. The number of hydrogen-bond acceptors (Lipinski definition) is 3. The molecule has 2 heterocycles. The van der Waals surface area contributed by atoms with Crippen LogP contribution < -0.4 is 0 Å². The Morgan fingerprint density at radius 1 is 1.44 bits per heavy atom. The van der Waals surface area contributed by atoms with E-state index in [1.807, 2.05) is 23.0 Å². The summed E-state index contributed by atoms with van der Waals surface area (Å²) in [6, 6.07) is 3.78. The van der Waals surface area contributed by atoms with E-state index < -0.39 is 0 Å². The van der Waals surface area contributed by atoms with Crippen LogP contribution in [-0.4, -0.2) is 22.7 Å². The maximum absolute atomic E-state index is 11.0. The molecular formula is C13H13BrN2O2. The molecule has 3 rings (SSSR count). The number of carbonyl (C=O) groups excluding carboxylic acids is 1. The van der Waals surface area contributed by atoms with Crippen molar-refractivity contribution in [2.45, 2.75) is 25.5 Å². The zero-order valence-electron chi connectivity index (χ0n) is 9.80. The Morgan fingerprint density at radius 2 is 2.33 bits per heavy atom. The van der Waals surface area contributed by atoms with E-state index in [-0.39, 0.29) is 6.23 Å². The molecule has 1 saturated heterocycles. The molecule has 94 valence electrons. The van der Waals surface area contributed by atoms with Gasteiger partial charge >= 0.3 is 0 Å². The number of halogens is 1. The lowest BCUT2D eigenvalue weighted by Gasteiger charge is -2.23. The summed E-state index contributed by atoms with van der Waals surface area (Å²) < 4.78 is 8.42. The smallest absolute Gasteiger partial charge is 0.151 e. The van der Waals surface area contributed by atoms with Crippen LogP contribution in [0.25, 0.3) is 10.9 Å². The van der Waals surface area contributed by atoms with Crippen molar-refractivity contribution < 1.29 is 9.53 Å². The third kappa shape index (κ3) is 1.97. The normalized spacial score (nSPS) is 20.2. The second-order valence-electron chi connectivity index (χ2n) is 4.46. The van der Waals surface area contributed by atoms with Crippen LogP contribution in [0.1, 0.15) is 35.8 Å². The van der Waals surface area contributed by atoms with Gasteiger partial charge in [-0.15, -0.1) is 0 Å². The molecule has 1 aliphatic rings. The molecule has 18 heavy (non-hydrogen) atoms. The Hall–Kier alpha value is -1.20. The summed E-state index contributed by atoms with van der Waals surface area (Å²) in [5, 5.41) is 5.41. The minimum atomic E-state index is -0.00284. The Balaban J connectivity index is 2.09. The average Bonchev–Trinajstić information content (AvgIpc) is 2.81. The van der Waals surface area contributed by atoms with Crippen molar-refractivity contribution in [3.63, 3.8) is 0 Å². The van der Waals surface area contributed by atoms with E-state index in [1.165, 1.54) is 0 Å². The minimum Gasteiger partial charge on any atom is -0.356 e. The number of benzene rings is 1. The van der Waals surface area contributed by atoms with Gasteiger partial charge in [-0.1, -0.05) is 15.9 Å². The van der Waals surface area contributed by atoms with Gasteiger partial charge in [0.05, 0.1) is 11.7 Å². The number of hydrogen-bond donors (Lipinski definition) is 0. The molecule has 1 aromatic carbocycles. The summed E-state index contributed by atoms with van der Waals surface area (Å²) in [6.45, 7) is 0.781. The lowest BCUT2D eigenvalue weighted by molar-refractivity contribution is -0.0366. The Kier molecular flexibility index (Phi) is 3.18. The highest BCUT2D eigenvalue weighted by molar-refractivity contribution is 9.10. The van der Waals surface area contributed by atoms with Crippen LogP contribution in [0.4, 0.5) is 0 Å². The summed E-state index contributed by atoms with van der Waals surface area (Å²) in [7, 11) is 0. The van der Waals surface area contributed by atoms with E-state index in [0.717, 1.165) is 47.5 Å². The zero-order chi connectivity index (χ0) is 12.5. The predicted molar refractivity (Wildman–Crippen MR) is 71.7 cm³/mol. The highest BCUT2D eigenvalue weighted by atomic mass is 79.9. The van der Waals surface area contributed by atoms with Gasteiger partial charge in [0, 0.05) is 22.0 Å². The molecule has 2 aromatic rings. The van der Waals surface area contributed by atoms with Crippen molar-refractivity contribution in [1.82, 2.24) is 9.78 Å². The van der Waals surface area contributed by atoms with Crippen molar-refractivity contribution in [2.24, 2.45) is 0 Å². The van der Waals surface area contributed by atoms with E-state index in [2.05, 4.69) is 21.0 Å². The van der Waals surface area contributed by atoms with Gasteiger partial charge in [0.1, 0.15) is 0 Å². The molecule has 1 aromatic heterocycles. The number of aldehydes is 1. The highest BCUT2D eigenvalue weighted by Crippen LogP contribution is 2.29. The van der Waals surface area contributed by atoms with E-state index >= 15 is 0 Å². The van der Waals surface area contributed by atoms with Crippen LogP contribution >= 0.6 is 15.9 Å². The third-order valence-corrected chi connectivity index (χ3v) is 3.96. The Labute approximate surface area is 113 Å². The largest absolute Gasteiger partial charge is 0.356 e. The van der Waals surface area contributed by atoms with Crippen molar-refractivity contribution in [1.29, 1.82) is 0 Å². The summed E-state index contributed by atoms with van der Waals surface area (Å²) in [5.41, 5.74) is 1.59. The Morgan fingerprint density at radius 3 is 3.06 bits per heavy atom. The molecule has 0 bridgehead atoms. The molecule has 1 aliphatic heterocycles. The van der Waals surface area contributed by atoms with Crippen LogP contribution in [0.5, 0.6) is 0 Å². The van der Waals surface area contributed by atoms with Gasteiger partial charge in [-0.05, 0) is 31.4 Å². The lowest BCUT2D eigenvalue weighted by atomic mass is 10.1. The molecule has 1 atom stereocenters. The van der Waals surface area contributed by atoms with Crippen molar-refractivity contribution >= 4 is 33.1 Å². The maximum Gasteiger partial charge on any atom is 0.151 e. The standard InChI is InChI=1S/C13H13BrN2O2/c14-11-5-9-7-15-16(12(9)6-10(11)8-17)13-3-1-2-4-18-13/h5-8,13H,1-4H2. The van der Waals surface area contributed by atoms with Gasteiger partial charge in [-0.25, -0.2) is 4.68 Å². The van der Waals surface area contributed by atoms with Gasteiger partial charge in [0.2, 0.25) is 0 Å². The summed E-state index contributed by atoms with van der Waals surface area (Å²) in [5.74, 6) is 0. The fourth-order valence-electron chi connectivity index (χ4n) is 2.32. The van der Waals surface area contributed by atoms with Crippen LogP contribution in [0.3, 0.4) is 0 Å². The molecule has 4 nitrogen and oxygen atoms in total. The summed E-state index contributed by atoms with van der Waals surface area (Å²) in [4.78, 5) is 11.0. The zero-order valence-corrected chi connectivity index (χ0v) is 11.4. The monoisotopic (exact) mass is 308 g/mol. The Bertz CT molecular complexity index is 588. The minimum absolute atomic E-state index is 0.00284. The molecule has 0 N–H and O–H groups in total. The number of carbonyl (C=O) groups is 1. The molecular weight excluding hydrogens is 296 g/mol. The number of rotatable bonds is 2. The first-order chi connectivity index (χ1) is 8.79. The van der Waals surface area contributed by atoms with Gasteiger partial charge in [-0.2, -0.15) is 5.10 Å². The molecule has 0 radical (unpaired) electrons. The topological polar surface area (TPSA) is 44.1 Å². The fraction of sp³-hybridized carbons (Fsp3) is 0.385. The molecule has 0 saturated carbocycles. The molecule has 1 unspecified atom stereocenters. The van der Waals surface area contributed by atoms with Gasteiger partial charge in [0.25, 0.3) is 0 Å². The molecule has 5 heteroatoms. The molecule has 0 amide bonds. The molecule has 0 aliphatic carbocycles. The third-order valence-electron chi connectivity index (χ3n) is 3.27. The average molecular weight is 309 g/mol. The fourth-order valence-corrected chi connectivity index (χ4v) is 2.77. The highest BCUT2D eigenvalue weighted by Gasteiger charge is 2.19. The van der Waals surface area contributed by atoms with Gasteiger partial charge in [0.15, 0.2) is 12.5 Å². The van der Waals surface area contributed by atoms with Crippen LogP contribution in [0.2, 0.25) is 0 Å². The lowest BCUT2D eigenvalue weighted by Crippen LogP contribution is -2.19. The van der Waals surface area contributed by atoms with Crippen molar-refractivity contribution in [2.75, 3.05) is 6.61 Å². The first kappa shape index (κ1) is 11.9. The van der Waals surface area contributed by atoms with Crippen molar-refractivity contribution in [3.8, 4) is 0 Å². The van der Waals surface area contributed by atoms with Gasteiger partial charge in [-0.3, -0.25) is 4.79 Å². The van der Waals surface area contributed by atoms with E-state index in [1.54, 1.807) is 0 Å². The predicted octanol–water partition coefficient (Wildman–Crippen LogP) is 3.31. The van der Waals surface area contributed by atoms with E-state index in [9.17, 15) is 4.79 Å². The second kappa shape index (κ2) is 4.82. The first-order valence-electron chi connectivity index (χ1n) is 6.03. The van der Waals surface area contributed by atoms with Crippen LogP contribution in [0, 0.1) is 0 Å². The summed E-state index contributed by atoms with van der Waals surface area (Å²) >= 11 is 3.38. The molecule has 1 fully saturated rings. The summed E-state index contributed by atoms with van der Waals surface area (Å²) in [6.07, 6.45) is 5.90. The quantitative estimate of drug-likeness (QED) is 0.799. The maximum atomic E-state index is 11.0. The second-order valence-corrected chi connectivity index (χ2v) is 5.32. The number of aromatic nitrogens is 2. The van der Waals surface area contributed by atoms with Crippen molar-refractivity contribution in [3.05, 3.63) is 28.4 Å². The van der Waals surface area contributed by atoms with Crippen LogP contribution in [0.15, 0.2) is 22.8 Å². The van der Waals surface area contributed by atoms with Gasteiger partial charge < -0.3 is 4.74 Å².